The number of rotatable bonds is 2. The highest BCUT2D eigenvalue weighted by molar-refractivity contribution is 6.49. The van der Waals surface area contributed by atoms with Gasteiger partial charge in [-0.2, -0.15) is 0 Å². The summed E-state index contributed by atoms with van der Waals surface area (Å²) in [6.45, 7) is 0. The first-order chi connectivity index (χ1) is 6.60. The summed E-state index contributed by atoms with van der Waals surface area (Å²) in [7, 11) is 3.23. The van der Waals surface area contributed by atoms with Crippen molar-refractivity contribution in [3.63, 3.8) is 0 Å². The van der Waals surface area contributed by atoms with Crippen molar-refractivity contribution in [3.05, 3.63) is 23.3 Å². The highest BCUT2D eigenvalue weighted by Gasteiger charge is 2.44. The first-order valence-electron chi connectivity index (χ1n) is 4.22. The summed E-state index contributed by atoms with van der Waals surface area (Å²) in [6, 6.07) is 3.68. The van der Waals surface area contributed by atoms with Gasteiger partial charge in [-0.1, -0.05) is 23.2 Å². The predicted molar refractivity (Wildman–Crippen MR) is 56.6 cm³/mol. The second-order valence-electron chi connectivity index (χ2n) is 3.20. The minimum Gasteiger partial charge on any atom is -0.496 e. The average molecular weight is 233 g/mol. The van der Waals surface area contributed by atoms with Gasteiger partial charge in [0.1, 0.15) is 11.5 Å². The summed E-state index contributed by atoms with van der Waals surface area (Å²) >= 11 is 12.2. The molecule has 0 bridgehead atoms. The quantitative estimate of drug-likeness (QED) is 0.731. The molecule has 0 saturated carbocycles. The van der Waals surface area contributed by atoms with Crippen molar-refractivity contribution >= 4 is 23.2 Å². The second-order valence-corrected chi connectivity index (χ2v) is 4.69. The number of methoxy groups -OCH3 is 2. The van der Waals surface area contributed by atoms with Crippen molar-refractivity contribution in [3.8, 4) is 11.5 Å². The van der Waals surface area contributed by atoms with Crippen molar-refractivity contribution in [2.75, 3.05) is 14.2 Å². The zero-order valence-electron chi connectivity index (χ0n) is 7.93. The Hall–Kier alpha value is -0.600. The number of benzene rings is 1. The van der Waals surface area contributed by atoms with Gasteiger partial charge in [-0.15, -0.1) is 0 Å². The lowest BCUT2D eigenvalue weighted by Crippen LogP contribution is -2.28. The van der Waals surface area contributed by atoms with Crippen LogP contribution in [-0.4, -0.2) is 14.2 Å². The molecule has 76 valence electrons. The van der Waals surface area contributed by atoms with E-state index in [9.17, 15) is 0 Å². The number of halogens is 2. The summed E-state index contributed by atoms with van der Waals surface area (Å²) in [5.41, 5.74) is 1.87. The van der Waals surface area contributed by atoms with E-state index in [0.29, 0.717) is 6.42 Å². The van der Waals surface area contributed by atoms with E-state index in [4.69, 9.17) is 32.7 Å². The summed E-state index contributed by atoms with van der Waals surface area (Å²) in [5.74, 6) is 1.54. The van der Waals surface area contributed by atoms with Crippen molar-refractivity contribution in [1.29, 1.82) is 0 Å². The molecule has 0 saturated heterocycles. The van der Waals surface area contributed by atoms with Crippen LogP contribution < -0.4 is 9.47 Å². The van der Waals surface area contributed by atoms with Gasteiger partial charge in [-0.25, -0.2) is 0 Å². The summed E-state index contributed by atoms with van der Waals surface area (Å²) in [4.78, 5) is 0. The second kappa shape index (κ2) is 3.21. The van der Waals surface area contributed by atoms with Crippen molar-refractivity contribution in [1.82, 2.24) is 0 Å². The molecule has 14 heavy (non-hydrogen) atoms. The lowest BCUT2D eigenvalue weighted by molar-refractivity contribution is 0.382. The van der Waals surface area contributed by atoms with Gasteiger partial charge in [-0.3, -0.25) is 0 Å². The predicted octanol–water partition coefficient (Wildman–Crippen LogP) is 2.89. The van der Waals surface area contributed by atoms with Crippen LogP contribution in [0.15, 0.2) is 12.1 Å². The highest BCUT2D eigenvalue weighted by Crippen LogP contribution is 2.55. The van der Waals surface area contributed by atoms with Gasteiger partial charge in [0.05, 0.1) is 14.2 Å². The summed E-state index contributed by atoms with van der Waals surface area (Å²) in [6.07, 6.45) is 0.603. The summed E-state index contributed by atoms with van der Waals surface area (Å²) < 4.78 is 9.56. The molecule has 0 heterocycles. The minimum absolute atomic E-state index is 0.603. The Labute approximate surface area is 92.7 Å². The maximum absolute atomic E-state index is 6.08. The van der Waals surface area contributed by atoms with E-state index in [0.717, 1.165) is 22.6 Å². The molecular formula is C10H10Cl2O2. The molecular weight excluding hydrogens is 223 g/mol. The Morgan fingerprint density at radius 1 is 1.14 bits per heavy atom. The van der Waals surface area contributed by atoms with Crippen LogP contribution in [0, 0.1) is 0 Å². The standard InChI is InChI=1S/C10H10Cl2O2/c1-13-7-3-4-8(14-2)9-6(7)5-10(9,11)12/h3-4H,5H2,1-2H3. The Kier molecular flexibility index (Phi) is 2.28. The third kappa shape index (κ3) is 1.25. The van der Waals surface area contributed by atoms with Crippen molar-refractivity contribution < 1.29 is 9.47 Å². The van der Waals surface area contributed by atoms with Crippen LogP contribution in [0.3, 0.4) is 0 Å². The molecule has 0 aromatic heterocycles. The molecule has 0 aliphatic heterocycles. The van der Waals surface area contributed by atoms with Gasteiger partial charge >= 0.3 is 0 Å². The first-order valence-corrected chi connectivity index (χ1v) is 4.98. The van der Waals surface area contributed by atoms with Gasteiger partial charge in [0.25, 0.3) is 0 Å². The van der Waals surface area contributed by atoms with Crippen LogP contribution in [0.5, 0.6) is 11.5 Å². The molecule has 0 fully saturated rings. The minimum atomic E-state index is -0.824. The monoisotopic (exact) mass is 232 g/mol. The van der Waals surface area contributed by atoms with Crippen LogP contribution in [0.2, 0.25) is 0 Å². The number of fused-ring (bicyclic) bond motifs is 1. The lowest BCUT2D eigenvalue weighted by atomic mass is 9.85. The third-order valence-corrected chi connectivity index (χ3v) is 3.08. The van der Waals surface area contributed by atoms with Gasteiger partial charge in [0.15, 0.2) is 4.33 Å². The van der Waals surface area contributed by atoms with Gasteiger partial charge in [-0.05, 0) is 12.1 Å². The van der Waals surface area contributed by atoms with Crippen LogP contribution in [-0.2, 0) is 10.8 Å². The molecule has 0 radical (unpaired) electrons. The molecule has 0 atom stereocenters. The molecule has 0 amide bonds. The average Bonchev–Trinajstić information content (AvgIpc) is 2.15. The Morgan fingerprint density at radius 3 is 2.21 bits per heavy atom. The van der Waals surface area contributed by atoms with Gasteiger partial charge < -0.3 is 9.47 Å². The SMILES string of the molecule is COc1ccc(OC)c2c1CC2(Cl)Cl. The maximum Gasteiger partial charge on any atom is 0.151 e. The molecule has 2 rings (SSSR count). The van der Waals surface area contributed by atoms with Gasteiger partial charge in [0, 0.05) is 17.5 Å². The largest absolute Gasteiger partial charge is 0.496 e. The molecule has 0 unspecified atom stereocenters. The van der Waals surface area contributed by atoms with E-state index in [2.05, 4.69) is 0 Å². The number of ether oxygens (including phenoxy) is 2. The Bertz CT molecular complexity index is 375. The molecule has 1 aromatic carbocycles. The van der Waals surface area contributed by atoms with Crippen molar-refractivity contribution in [2.24, 2.45) is 0 Å². The molecule has 2 nitrogen and oxygen atoms in total. The zero-order chi connectivity index (χ0) is 10.3. The molecule has 0 spiro atoms. The van der Waals surface area contributed by atoms with E-state index >= 15 is 0 Å². The Morgan fingerprint density at radius 2 is 1.71 bits per heavy atom. The zero-order valence-corrected chi connectivity index (χ0v) is 9.45. The van der Waals surface area contributed by atoms with Crippen LogP contribution in [0.4, 0.5) is 0 Å². The van der Waals surface area contributed by atoms with E-state index in [1.807, 2.05) is 12.1 Å². The molecule has 0 N–H and O–H groups in total. The normalized spacial score (nSPS) is 16.9. The molecule has 1 aromatic rings. The Balaban J connectivity index is 2.56. The lowest BCUT2D eigenvalue weighted by Gasteiger charge is -2.35. The van der Waals surface area contributed by atoms with Gasteiger partial charge in [0.2, 0.25) is 0 Å². The topological polar surface area (TPSA) is 18.5 Å². The fourth-order valence-electron chi connectivity index (χ4n) is 1.75. The van der Waals surface area contributed by atoms with Crippen LogP contribution >= 0.6 is 23.2 Å². The third-order valence-electron chi connectivity index (χ3n) is 2.44. The smallest absolute Gasteiger partial charge is 0.151 e. The molecule has 4 heteroatoms. The fraction of sp³-hybridized carbons (Fsp3) is 0.400. The van der Waals surface area contributed by atoms with E-state index < -0.39 is 4.33 Å². The molecule has 1 aliphatic carbocycles. The van der Waals surface area contributed by atoms with Crippen molar-refractivity contribution in [2.45, 2.75) is 10.8 Å². The number of hydrogen-bond donors (Lipinski definition) is 0. The molecule has 1 aliphatic rings. The number of hydrogen-bond acceptors (Lipinski definition) is 2. The number of alkyl halides is 2. The highest BCUT2D eigenvalue weighted by atomic mass is 35.5. The van der Waals surface area contributed by atoms with E-state index in [-0.39, 0.29) is 0 Å². The maximum atomic E-state index is 6.08. The first kappa shape index (κ1) is 9.94. The van der Waals surface area contributed by atoms with Crippen LogP contribution in [0.25, 0.3) is 0 Å². The summed E-state index contributed by atoms with van der Waals surface area (Å²) in [5, 5.41) is 0. The van der Waals surface area contributed by atoms with E-state index in [1.165, 1.54) is 0 Å². The fourth-order valence-corrected chi connectivity index (χ4v) is 2.43. The van der Waals surface area contributed by atoms with Crippen LogP contribution in [0.1, 0.15) is 11.1 Å². The van der Waals surface area contributed by atoms with E-state index in [1.54, 1.807) is 14.2 Å².